The minimum atomic E-state index is -0.173. The third-order valence-corrected chi connectivity index (χ3v) is 4.04. The maximum Gasteiger partial charge on any atom is 0.323 e. The summed E-state index contributed by atoms with van der Waals surface area (Å²) in [5.74, 6) is 0. The molecule has 6 heteroatoms. The molecule has 1 aromatic carbocycles. The maximum atomic E-state index is 11.3. The summed E-state index contributed by atoms with van der Waals surface area (Å²) in [6, 6.07) is 6.32. The van der Waals surface area contributed by atoms with Crippen LogP contribution in [-0.4, -0.2) is 15.0 Å². The summed E-state index contributed by atoms with van der Waals surface area (Å²) in [6.45, 7) is 4.21. The summed E-state index contributed by atoms with van der Waals surface area (Å²) in [4.78, 5) is 21.1. The number of fused-ring (bicyclic) bond motifs is 1. The second kappa shape index (κ2) is 5.22. The summed E-state index contributed by atoms with van der Waals surface area (Å²) < 4.78 is 0. The van der Waals surface area contributed by atoms with E-state index >= 15 is 0 Å². The number of hydrogen-bond donors (Lipinski definition) is 3. The molecule has 0 amide bonds. The third kappa shape index (κ3) is 2.52. The van der Waals surface area contributed by atoms with Crippen molar-refractivity contribution in [2.45, 2.75) is 25.9 Å². The number of thiazole rings is 1. The number of aromatic amines is 2. The van der Waals surface area contributed by atoms with Gasteiger partial charge in [-0.25, -0.2) is 9.78 Å². The zero-order chi connectivity index (χ0) is 14.1. The Morgan fingerprint density at radius 1 is 1.20 bits per heavy atom. The zero-order valence-corrected chi connectivity index (χ0v) is 12.1. The molecule has 0 fully saturated rings. The Balaban J connectivity index is 1.81. The van der Waals surface area contributed by atoms with Crippen LogP contribution in [0.15, 0.2) is 33.9 Å². The first-order valence-electron chi connectivity index (χ1n) is 6.49. The molecule has 0 saturated carbocycles. The van der Waals surface area contributed by atoms with Gasteiger partial charge in [-0.15, -0.1) is 11.3 Å². The molecule has 3 rings (SSSR count). The molecule has 2 unspecified atom stereocenters. The summed E-state index contributed by atoms with van der Waals surface area (Å²) in [5.41, 5.74) is 5.52. The first kappa shape index (κ1) is 13.1. The summed E-state index contributed by atoms with van der Waals surface area (Å²) in [5, 5.41) is 5.56. The van der Waals surface area contributed by atoms with E-state index < -0.39 is 0 Å². The van der Waals surface area contributed by atoms with Gasteiger partial charge < -0.3 is 15.3 Å². The van der Waals surface area contributed by atoms with Crippen LogP contribution in [-0.2, 0) is 0 Å². The highest BCUT2D eigenvalue weighted by atomic mass is 32.1. The molecule has 0 aliphatic rings. The van der Waals surface area contributed by atoms with Crippen LogP contribution in [0.2, 0.25) is 0 Å². The van der Waals surface area contributed by atoms with Crippen LogP contribution in [0.4, 0.5) is 0 Å². The van der Waals surface area contributed by atoms with Crippen molar-refractivity contribution in [3.05, 3.63) is 50.8 Å². The third-order valence-electron chi connectivity index (χ3n) is 3.44. The summed E-state index contributed by atoms with van der Waals surface area (Å²) in [6.07, 6.45) is 0. The Bertz CT molecular complexity index is 759. The quantitative estimate of drug-likeness (QED) is 0.691. The predicted molar refractivity (Wildman–Crippen MR) is 81.0 cm³/mol. The molecule has 20 heavy (non-hydrogen) atoms. The van der Waals surface area contributed by atoms with Crippen molar-refractivity contribution in [2.24, 2.45) is 0 Å². The van der Waals surface area contributed by atoms with Gasteiger partial charge in [-0.2, -0.15) is 0 Å². The number of benzene rings is 1. The molecule has 0 spiro atoms. The Kier molecular flexibility index (Phi) is 3.42. The van der Waals surface area contributed by atoms with Gasteiger partial charge in [0.05, 0.1) is 22.2 Å². The largest absolute Gasteiger partial charge is 0.323 e. The number of aromatic nitrogens is 3. The van der Waals surface area contributed by atoms with E-state index in [9.17, 15) is 4.79 Å². The Morgan fingerprint density at radius 3 is 2.75 bits per heavy atom. The highest BCUT2D eigenvalue weighted by molar-refractivity contribution is 7.07. The predicted octanol–water partition coefficient (Wildman–Crippen LogP) is 2.72. The van der Waals surface area contributed by atoms with Crippen LogP contribution in [0, 0.1) is 0 Å². The lowest BCUT2D eigenvalue weighted by molar-refractivity contribution is 0.488. The number of imidazole rings is 1. The second-order valence-corrected chi connectivity index (χ2v) is 5.63. The average Bonchev–Trinajstić information content (AvgIpc) is 3.05. The average molecular weight is 288 g/mol. The van der Waals surface area contributed by atoms with E-state index in [2.05, 4.69) is 39.5 Å². The van der Waals surface area contributed by atoms with E-state index in [4.69, 9.17) is 0 Å². The Morgan fingerprint density at radius 2 is 2.00 bits per heavy atom. The topological polar surface area (TPSA) is 73.6 Å². The number of rotatable bonds is 4. The van der Waals surface area contributed by atoms with E-state index in [1.165, 1.54) is 0 Å². The van der Waals surface area contributed by atoms with E-state index in [0.717, 1.165) is 22.3 Å². The summed E-state index contributed by atoms with van der Waals surface area (Å²) >= 11 is 1.60. The van der Waals surface area contributed by atoms with Gasteiger partial charge in [-0.3, -0.25) is 0 Å². The van der Waals surface area contributed by atoms with Crippen molar-refractivity contribution in [1.29, 1.82) is 0 Å². The molecule has 0 aliphatic heterocycles. The molecule has 0 saturated heterocycles. The molecule has 2 atom stereocenters. The Labute approximate surface area is 120 Å². The SMILES string of the molecule is CC(NC(C)c1cscn1)c1ccc2[nH]c(=O)[nH]c2c1. The van der Waals surface area contributed by atoms with Crippen molar-refractivity contribution >= 4 is 22.4 Å². The lowest BCUT2D eigenvalue weighted by Crippen LogP contribution is -2.22. The van der Waals surface area contributed by atoms with Crippen LogP contribution >= 0.6 is 11.3 Å². The Hall–Kier alpha value is -1.92. The molecule has 0 aliphatic carbocycles. The second-order valence-electron chi connectivity index (χ2n) is 4.91. The molecule has 5 nitrogen and oxygen atoms in total. The fraction of sp³-hybridized carbons (Fsp3) is 0.286. The number of H-pyrrole nitrogens is 2. The van der Waals surface area contributed by atoms with Gasteiger partial charge in [0.25, 0.3) is 0 Å². The monoisotopic (exact) mass is 288 g/mol. The minimum Gasteiger partial charge on any atom is -0.306 e. The zero-order valence-electron chi connectivity index (χ0n) is 11.3. The van der Waals surface area contributed by atoms with Gasteiger partial charge in [-0.05, 0) is 31.5 Å². The number of hydrogen-bond acceptors (Lipinski definition) is 4. The van der Waals surface area contributed by atoms with Crippen LogP contribution in [0.25, 0.3) is 11.0 Å². The molecule has 2 aromatic heterocycles. The van der Waals surface area contributed by atoms with Crippen molar-refractivity contribution in [3.63, 3.8) is 0 Å². The van der Waals surface area contributed by atoms with Crippen molar-refractivity contribution in [2.75, 3.05) is 0 Å². The first-order valence-corrected chi connectivity index (χ1v) is 7.44. The lowest BCUT2D eigenvalue weighted by atomic mass is 10.1. The standard InChI is InChI=1S/C14H16N4OS/c1-8(16-9(2)13-6-20-7-15-13)10-3-4-11-12(5-10)18-14(19)17-11/h3-9,16H,1-2H3,(H2,17,18,19). The summed E-state index contributed by atoms with van der Waals surface area (Å²) in [7, 11) is 0. The molecule has 0 radical (unpaired) electrons. The van der Waals surface area contributed by atoms with Crippen LogP contribution < -0.4 is 11.0 Å². The van der Waals surface area contributed by atoms with Crippen molar-refractivity contribution in [1.82, 2.24) is 20.3 Å². The van der Waals surface area contributed by atoms with E-state index in [1.54, 1.807) is 11.3 Å². The molecular weight excluding hydrogens is 272 g/mol. The fourth-order valence-corrected chi connectivity index (χ4v) is 2.96. The number of nitrogens with one attached hydrogen (secondary N) is 3. The maximum absolute atomic E-state index is 11.3. The van der Waals surface area contributed by atoms with Crippen LogP contribution in [0.3, 0.4) is 0 Å². The highest BCUT2D eigenvalue weighted by Crippen LogP contribution is 2.21. The smallest absolute Gasteiger partial charge is 0.306 e. The molecule has 2 heterocycles. The van der Waals surface area contributed by atoms with Gasteiger partial charge >= 0.3 is 5.69 Å². The van der Waals surface area contributed by atoms with Gasteiger partial charge in [0.15, 0.2) is 0 Å². The molecule has 104 valence electrons. The van der Waals surface area contributed by atoms with Gasteiger partial charge in [0, 0.05) is 17.5 Å². The first-order chi connectivity index (χ1) is 9.63. The minimum absolute atomic E-state index is 0.173. The van der Waals surface area contributed by atoms with Gasteiger partial charge in [0.2, 0.25) is 0 Å². The fourth-order valence-electron chi connectivity index (χ4n) is 2.31. The normalized spacial score (nSPS) is 14.5. The van der Waals surface area contributed by atoms with Gasteiger partial charge in [-0.1, -0.05) is 6.07 Å². The van der Waals surface area contributed by atoms with Crippen LogP contribution in [0.5, 0.6) is 0 Å². The number of nitrogens with zero attached hydrogens (tertiary/aromatic N) is 1. The molecular formula is C14H16N4OS. The molecule has 3 aromatic rings. The van der Waals surface area contributed by atoms with Crippen molar-refractivity contribution < 1.29 is 0 Å². The van der Waals surface area contributed by atoms with E-state index in [-0.39, 0.29) is 17.8 Å². The van der Waals surface area contributed by atoms with Crippen LogP contribution in [0.1, 0.15) is 37.2 Å². The van der Waals surface area contributed by atoms with Gasteiger partial charge in [0.1, 0.15) is 0 Å². The highest BCUT2D eigenvalue weighted by Gasteiger charge is 2.13. The molecule has 3 N–H and O–H groups in total. The molecule has 0 bridgehead atoms. The lowest BCUT2D eigenvalue weighted by Gasteiger charge is -2.19. The van der Waals surface area contributed by atoms with E-state index in [1.807, 2.05) is 23.7 Å². The van der Waals surface area contributed by atoms with Crippen molar-refractivity contribution in [3.8, 4) is 0 Å². The van der Waals surface area contributed by atoms with E-state index in [0.29, 0.717) is 0 Å².